The number of rotatable bonds is 3. The fourth-order valence-electron chi connectivity index (χ4n) is 4.24. The Bertz CT molecular complexity index is 1050. The van der Waals surface area contributed by atoms with E-state index in [2.05, 4.69) is 10.5 Å². The van der Waals surface area contributed by atoms with Gasteiger partial charge in [-0.15, -0.1) is 0 Å². The highest BCUT2D eigenvalue weighted by Gasteiger charge is 2.34. The summed E-state index contributed by atoms with van der Waals surface area (Å²) in [6, 6.07) is 9.71. The second kappa shape index (κ2) is 7.19. The normalized spacial score (nSPS) is 21.6. The number of hydrogen-bond acceptors (Lipinski definition) is 5. The van der Waals surface area contributed by atoms with Gasteiger partial charge in [-0.05, 0) is 66.1 Å². The third-order valence-electron chi connectivity index (χ3n) is 5.68. The number of nitrogens with zero attached hydrogens (tertiary/aromatic N) is 1. The first-order valence-electron chi connectivity index (χ1n) is 9.78. The van der Waals surface area contributed by atoms with Crippen LogP contribution >= 0.6 is 11.6 Å². The zero-order valence-electron chi connectivity index (χ0n) is 15.7. The fourth-order valence-corrected chi connectivity index (χ4v) is 4.36. The van der Waals surface area contributed by atoms with E-state index in [1.165, 1.54) is 5.56 Å². The van der Waals surface area contributed by atoms with Crippen molar-refractivity contribution in [2.45, 2.75) is 38.2 Å². The first-order chi connectivity index (χ1) is 14.1. The van der Waals surface area contributed by atoms with Crippen molar-refractivity contribution in [2.24, 2.45) is 5.16 Å². The topological polar surface area (TPSA) is 77.0 Å². The molecule has 2 heterocycles. The summed E-state index contributed by atoms with van der Waals surface area (Å²) in [6.45, 7) is 0.311. The molecule has 1 saturated heterocycles. The molecule has 2 aromatic rings. The van der Waals surface area contributed by atoms with Crippen LogP contribution in [0.15, 0.2) is 35.5 Å². The van der Waals surface area contributed by atoms with E-state index < -0.39 is 12.1 Å². The molecular formula is C22H19ClN2O4. The van der Waals surface area contributed by atoms with E-state index in [0.717, 1.165) is 48.1 Å². The summed E-state index contributed by atoms with van der Waals surface area (Å²) in [4.78, 5) is 29.6. The number of esters is 1. The molecule has 7 heteroatoms. The minimum Gasteiger partial charge on any atom is -0.463 e. The van der Waals surface area contributed by atoms with E-state index in [4.69, 9.17) is 21.2 Å². The summed E-state index contributed by atoms with van der Waals surface area (Å²) in [6.07, 6.45) is 3.75. The Morgan fingerprint density at radius 1 is 1.07 bits per heavy atom. The summed E-state index contributed by atoms with van der Waals surface area (Å²) >= 11 is 6.07. The van der Waals surface area contributed by atoms with Crippen LogP contribution < -0.4 is 5.32 Å². The molecule has 1 N–H and O–H groups in total. The highest BCUT2D eigenvalue weighted by atomic mass is 35.5. The van der Waals surface area contributed by atoms with Crippen LogP contribution in [0.1, 0.15) is 36.0 Å². The Hall–Kier alpha value is -2.86. The first kappa shape index (κ1) is 18.2. The lowest BCUT2D eigenvalue weighted by atomic mass is 9.83. The number of halogens is 1. The average Bonchev–Trinajstić information content (AvgIpc) is 3.28. The SMILES string of the molecule is O=C1Nc2c(cc(-c3ccc(Cl)cc3)c3c2CCCC3)/C1=N/OC1CCOC1=O. The number of ether oxygens (including phenoxy) is 1. The van der Waals surface area contributed by atoms with Gasteiger partial charge in [0.25, 0.3) is 5.91 Å². The molecular weight excluding hydrogens is 392 g/mol. The number of oxime groups is 1. The third kappa shape index (κ3) is 3.17. The van der Waals surface area contributed by atoms with E-state index in [1.807, 2.05) is 30.3 Å². The van der Waals surface area contributed by atoms with Crippen LogP contribution in [-0.2, 0) is 32.0 Å². The van der Waals surface area contributed by atoms with Crippen molar-refractivity contribution in [2.75, 3.05) is 11.9 Å². The second-order valence-electron chi connectivity index (χ2n) is 7.46. The van der Waals surface area contributed by atoms with Crippen LogP contribution in [0.2, 0.25) is 5.02 Å². The Labute approximate surface area is 172 Å². The lowest BCUT2D eigenvalue weighted by Crippen LogP contribution is -2.20. The van der Waals surface area contributed by atoms with Crippen molar-refractivity contribution in [1.29, 1.82) is 0 Å². The molecule has 29 heavy (non-hydrogen) atoms. The van der Waals surface area contributed by atoms with Gasteiger partial charge >= 0.3 is 5.97 Å². The molecule has 0 saturated carbocycles. The highest BCUT2D eigenvalue weighted by Crippen LogP contribution is 2.41. The van der Waals surface area contributed by atoms with Crippen molar-refractivity contribution in [3.8, 4) is 11.1 Å². The number of cyclic esters (lactones) is 1. The van der Waals surface area contributed by atoms with Crippen molar-refractivity contribution in [1.82, 2.24) is 0 Å². The van der Waals surface area contributed by atoms with Crippen LogP contribution in [0.3, 0.4) is 0 Å². The van der Waals surface area contributed by atoms with Crippen molar-refractivity contribution < 1.29 is 19.2 Å². The maximum atomic E-state index is 12.6. The van der Waals surface area contributed by atoms with E-state index >= 15 is 0 Å². The zero-order valence-corrected chi connectivity index (χ0v) is 16.4. The molecule has 0 aromatic heterocycles. The smallest absolute Gasteiger partial charge is 0.350 e. The lowest BCUT2D eigenvalue weighted by Gasteiger charge is -2.22. The van der Waals surface area contributed by atoms with Crippen LogP contribution in [0.5, 0.6) is 0 Å². The summed E-state index contributed by atoms with van der Waals surface area (Å²) < 4.78 is 4.89. The summed E-state index contributed by atoms with van der Waals surface area (Å²) in [5, 5.41) is 7.70. The van der Waals surface area contributed by atoms with Gasteiger partial charge < -0.3 is 14.9 Å². The predicted octanol–water partition coefficient (Wildman–Crippen LogP) is 3.87. The van der Waals surface area contributed by atoms with Gasteiger partial charge in [0.15, 0.2) is 5.71 Å². The maximum Gasteiger partial charge on any atom is 0.350 e. The third-order valence-corrected chi connectivity index (χ3v) is 5.93. The first-order valence-corrected chi connectivity index (χ1v) is 10.2. The number of anilines is 1. The quantitative estimate of drug-likeness (QED) is 0.615. The standard InChI is InChI=1S/C22H19ClN2O4/c23-13-7-5-12(6-8-13)16-11-17-19(15-4-2-1-3-14(15)16)24-21(26)20(17)25-29-18-9-10-28-22(18)27/h5-8,11,18H,1-4,9-10H2,(H,24,25,26). The molecule has 1 atom stereocenters. The van der Waals surface area contributed by atoms with Crippen LogP contribution in [-0.4, -0.2) is 30.3 Å². The Morgan fingerprint density at radius 2 is 1.83 bits per heavy atom. The van der Waals surface area contributed by atoms with Crippen molar-refractivity contribution >= 4 is 34.9 Å². The maximum absolute atomic E-state index is 12.6. The molecule has 3 aliphatic rings. The van der Waals surface area contributed by atoms with Crippen LogP contribution in [0.4, 0.5) is 5.69 Å². The summed E-state index contributed by atoms with van der Waals surface area (Å²) in [5.74, 6) is -0.757. The minimum absolute atomic E-state index is 0.197. The molecule has 148 valence electrons. The molecule has 1 aliphatic carbocycles. The molecule has 5 rings (SSSR count). The largest absolute Gasteiger partial charge is 0.463 e. The molecule has 2 aromatic carbocycles. The van der Waals surface area contributed by atoms with E-state index in [-0.39, 0.29) is 11.6 Å². The zero-order chi connectivity index (χ0) is 20.0. The molecule has 2 aliphatic heterocycles. The highest BCUT2D eigenvalue weighted by molar-refractivity contribution is 6.54. The van der Waals surface area contributed by atoms with Gasteiger partial charge in [0.1, 0.15) is 0 Å². The van der Waals surface area contributed by atoms with Crippen molar-refractivity contribution in [3.63, 3.8) is 0 Å². The Kier molecular flexibility index (Phi) is 4.51. The van der Waals surface area contributed by atoms with E-state index in [1.54, 1.807) is 0 Å². The second-order valence-corrected chi connectivity index (χ2v) is 7.90. The average molecular weight is 411 g/mol. The molecule has 1 amide bonds. The summed E-state index contributed by atoms with van der Waals surface area (Å²) in [5.41, 5.74) is 6.29. The Morgan fingerprint density at radius 3 is 2.55 bits per heavy atom. The van der Waals surface area contributed by atoms with Gasteiger partial charge in [0, 0.05) is 17.0 Å². The number of fused-ring (bicyclic) bond motifs is 3. The molecule has 0 radical (unpaired) electrons. The number of nitrogens with one attached hydrogen (secondary N) is 1. The lowest BCUT2D eigenvalue weighted by molar-refractivity contribution is -0.147. The molecule has 0 bridgehead atoms. The number of carbonyl (C=O) groups excluding carboxylic acids is 2. The monoisotopic (exact) mass is 410 g/mol. The number of amides is 1. The van der Waals surface area contributed by atoms with Gasteiger partial charge in [-0.25, -0.2) is 4.79 Å². The molecule has 1 unspecified atom stereocenters. The fraction of sp³-hybridized carbons (Fsp3) is 0.318. The van der Waals surface area contributed by atoms with Gasteiger partial charge in [-0.2, -0.15) is 0 Å². The number of carbonyl (C=O) groups is 2. The molecule has 6 nitrogen and oxygen atoms in total. The van der Waals surface area contributed by atoms with Gasteiger partial charge in [-0.1, -0.05) is 28.9 Å². The van der Waals surface area contributed by atoms with Gasteiger partial charge in [0.05, 0.1) is 12.3 Å². The Balaban J connectivity index is 1.61. The van der Waals surface area contributed by atoms with Crippen LogP contribution in [0.25, 0.3) is 11.1 Å². The van der Waals surface area contributed by atoms with E-state index in [0.29, 0.717) is 23.6 Å². The van der Waals surface area contributed by atoms with Gasteiger partial charge in [-0.3, -0.25) is 4.79 Å². The number of benzene rings is 2. The predicted molar refractivity (Wildman–Crippen MR) is 109 cm³/mol. The van der Waals surface area contributed by atoms with E-state index in [9.17, 15) is 9.59 Å². The van der Waals surface area contributed by atoms with Gasteiger partial charge in [0.2, 0.25) is 6.10 Å². The van der Waals surface area contributed by atoms with Crippen LogP contribution in [0, 0.1) is 0 Å². The summed E-state index contributed by atoms with van der Waals surface area (Å²) in [7, 11) is 0. The molecule has 1 fully saturated rings. The number of hydrogen-bond donors (Lipinski definition) is 1. The molecule has 0 spiro atoms. The minimum atomic E-state index is -0.757. The van der Waals surface area contributed by atoms with Crippen molar-refractivity contribution in [3.05, 3.63) is 52.0 Å².